The smallest absolute Gasteiger partial charge is 0.171 e. The quantitative estimate of drug-likeness (QED) is 0.711. The maximum absolute atomic E-state index is 11.0. The highest BCUT2D eigenvalue weighted by atomic mass is 32.1. The van der Waals surface area contributed by atoms with Crippen molar-refractivity contribution >= 4 is 17.1 Å². The van der Waals surface area contributed by atoms with E-state index in [2.05, 4.69) is 4.98 Å². The van der Waals surface area contributed by atoms with E-state index in [4.69, 9.17) is 4.42 Å². The van der Waals surface area contributed by atoms with Crippen molar-refractivity contribution < 1.29 is 9.21 Å². The van der Waals surface area contributed by atoms with Crippen LogP contribution in [0.25, 0.3) is 10.8 Å². The summed E-state index contributed by atoms with van der Waals surface area (Å²) in [7, 11) is 0. The van der Waals surface area contributed by atoms with Crippen molar-refractivity contribution in [3.63, 3.8) is 0 Å². The summed E-state index contributed by atoms with van der Waals surface area (Å²) >= 11 is 1.35. The predicted octanol–water partition coefficient (Wildman–Crippen LogP) is 2.91. The van der Waals surface area contributed by atoms with Crippen molar-refractivity contribution in [1.82, 2.24) is 4.98 Å². The fraction of sp³-hybridized carbons (Fsp3) is 0.200. The SMILES string of the molecule is CC(=O)c1cnc(-c2ccc(C)o2)s1. The number of nitrogens with zero attached hydrogens (tertiary/aromatic N) is 1. The molecule has 3 nitrogen and oxygen atoms in total. The van der Waals surface area contributed by atoms with E-state index < -0.39 is 0 Å². The third-order valence-electron chi connectivity index (χ3n) is 1.80. The Morgan fingerprint density at radius 1 is 1.50 bits per heavy atom. The van der Waals surface area contributed by atoms with Crippen LogP contribution in [0.2, 0.25) is 0 Å². The Hall–Kier alpha value is -1.42. The van der Waals surface area contributed by atoms with Gasteiger partial charge in [-0.2, -0.15) is 0 Å². The lowest BCUT2D eigenvalue weighted by Gasteiger charge is -1.87. The van der Waals surface area contributed by atoms with Gasteiger partial charge in [0.1, 0.15) is 5.76 Å². The number of hydrogen-bond donors (Lipinski definition) is 0. The Morgan fingerprint density at radius 3 is 2.79 bits per heavy atom. The Bertz CT molecular complexity index is 470. The molecule has 0 bridgehead atoms. The van der Waals surface area contributed by atoms with Crippen LogP contribution in [0.5, 0.6) is 0 Å². The lowest BCUT2D eigenvalue weighted by atomic mass is 10.4. The number of aryl methyl sites for hydroxylation is 1. The van der Waals surface area contributed by atoms with Crippen LogP contribution in [0.4, 0.5) is 0 Å². The second kappa shape index (κ2) is 3.38. The van der Waals surface area contributed by atoms with E-state index in [0.29, 0.717) is 4.88 Å². The molecule has 0 amide bonds. The van der Waals surface area contributed by atoms with E-state index in [9.17, 15) is 4.79 Å². The zero-order chi connectivity index (χ0) is 10.1. The van der Waals surface area contributed by atoms with Crippen molar-refractivity contribution in [3.8, 4) is 10.8 Å². The topological polar surface area (TPSA) is 43.1 Å². The summed E-state index contributed by atoms with van der Waals surface area (Å²) in [5, 5.41) is 0.753. The normalized spacial score (nSPS) is 10.4. The minimum absolute atomic E-state index is 0.0389. The molecule has 0 saturated carbocycles. The molecule has 0 aromatic carbocycles. The molecule has 0 aliphatic heterocycles. The number of hydrogen-bond acceptors (Lipinski definition) is 4. The van der Waals surface area contributed by atoms with Crippen LogP contribution in [-0.2, 0) is 0 Å². The van der Waals surface area contributed by atoms with Crippen LogP contribution >= 0.6 is 11.3 Å². The second-order valence-corrected chi connectivity index (χ2v) is 4.03. The number of ketones is 1. The van der Waals surface area contributed by atoms with Gasteiger partial charge in [-0.1, -0.05) is 0 Å². The minimum atomic E-state index is 0.0389. The minimum Gasteiger partial charge on any atom is -0.459 e. The van der Waals surface area contributed by atoms with E-state index in [0.717, 1.165) is 16.5 Å². The molecule has 2 aromatic heterocycles. The van der Waals surface area contributed by atoms with Crippen LogP contribution in [-0.4, -0.2) is 10.8 Å². The highest BCUT2D eigenvalue weighted by Gasteiger charge is 2.10. The van der Waals surface area contributed by atoms with Gasteiger partial charge in [0.2, 0.25) is 0 Å². The molecule has 0 N–H and O–H groups in total. The first-order valence-corrected chi connectivity index (χ1v) is 5.02. The zero-order valence-electron chi connectivity index (χ0n) is 7.90. The van der Waals surface area contributed by atoms with E-state index in [1.807, 2.05) is 19.1 Å². The summed E-state index contributed by atoms with van der Waals surface area (Å²) < 4.78 is 5.40. The third-order valence-corrected chi connectivity index (χ3v) is 2.92. The van der Waals surface area contributed by atoms with Crippen LogP contribution < -0.4 is 0 Å². The fourth-order valence-corrected chi connectivity index (χ4v) is 1.87. The molecular weight excluding hydrogens is 198 g/mol. The molecule has 4 heteroatoms. The maximum Gasteiger partial charge on any atom is 0.171 e. The van der Waals surface area contributed by atoms with Gasteiger partial charge in [0.25, 0.3) is 0 Å². The summed E-state index contributed by atoms with van der Waals surface area (Å²) in [5.41, 5.74) is 0. The average molecular weight is 207 g/mol. The number of aromatic nitrogens is 1. The lowest BCUT2D eigenvalue weighted by Crippen LogP contribution is -1.83. The van der Waals surface area contributed by atoms with Crippen molar-refractivity contribution in [1.29, 1.82) is 0 Å². The third kappa shape index (κ3) is 1.61. The molecule has 2 rings (SSSR count). The van der Waals surface area contributed by atoms with Crippen LogP contribution in [0.1, 0.15) is 22.4 Å². The lowest BCUT2D eigenvalue weighted by molar-refractivity contribution is 0.102. The molecule has 0 saturated heterocycles. The Kier molecular flexibility index (Phi) is 2.21. The van der Waals surface area contributed by atoms with E-state index in [1.165, 1.54) is 18.3 Å². The zero-order valence-corrected chi connectivity index (χ0v) is 8.72. The van der Waals surface area contributed by atoms with E-state index in [1.54, 1.807) is 6.20 Å². The molecule has 72 valence electrons. The van der Waals surface area contributed by atoms with E-state index >= 15 is 0 Å². The van der Waals surface area contributed by atoms with Crippen molar-refractivity contribution in [2.24, 2.45) is 0 Å². The highest BCUT2D eigenvalue weighted by Crippen LogP contribution is 2.26. The number of carbonyl (C=O) groups excluding carboxylic acids is 1. The Balaban J connectivity index is 2.38. The number of furan rings is 1. The van der Waals surface area contributed by atoms with Crippen molar-refractivity contribution in [2.75, 3.05) is 0 Å². The van der Waals surface area contributed by atoms with Gasteiger partial charge in [-0.05, 0) is 19.1 Å². The van der Waals surface area contributed by atoms with Crippen molar-refractivity contribution in [2.45, 2.75) is 13.8 Å². The van der Waals surface area contributed by atoms with Gasteiger partial charge in [0.15, 0.2) is 16.6 Å². The molecule has 0 spiro atoms. The number of thiazole rings is 1. The average Bonchev–Trinajstić information content (AvgIpc) is 2.70. The first-order chi connectivity index (χ1) is 6.66. The molecular formula is C10H9NO2S. The van der Waals surface area contributed by atoms with Crippen LogP contribution in [0, 0.1) is 6.92 Å². The monoisotopic (exact) mass is 207 g/mol. The highest BCUT2D eigenvalue weighted by molar-refractivity contribution is 7.16. The molecule has 14 heavy (non-hydrogen) atoms. The number of Topliss-reactive ketones (excluding diaryl/α,β-unsaturated/α-hetero) is 1. The Labute approximate surface area is 85.4 Å². The van der Waals surface area contributed by atoms with Gasteiger partial charge >= 0.3 is 0 Å². The van der Waals surface area contributed by atoms with Gasteiger partial charge < -0.3 is 4.42 Å². The molecule has 0 aliphatic rings. The largest absolute Gasteiger partial charge is 0.459 e. The molecule has 0 fully saturated rings. The van der Waals surface area contributed by atoms with Crippen LogP contribution in [0.15, 0.2) is 22.7 Å². The fourth-order valence-electron chi connectivity index (χ4n) is 1.10. The summed E-state index contributed by atoms with van der Waals surface area (Å²) in [6.45, 7) is 3.41. The molecule has 2 aromatic rings. The van der Waals surface area contributed by atoms with Gasteiger partial charge in [-0.15, -0.1) is 11.3 Å². The number of carbonyl (C=O) groups is 1. The van der Waals surface area contributed by atoms with Crippen LogP contribution in [0.3, 0.4) is 0 Å². The number of rotatable bonds is 2. The molecule has 2 heterocycles. The summed E-state index contributed by atoms with van der Waals surface area (Å²) in [6.07, 6.45) is 1.58. The first-order valence-electron chi connectivity index (χ1n) is 4.20. The van der Waals surface area contributed by atoms with Gasteiger partial charge in [-0.3, -0.25) is 4.79 Å². The maximum atomic E-state index is 11.0. The molecule has 0 unspecified atom stereocenters. The van der Waals surface area contributed by atoms with Crippen molar-refractivity contribution in [3.05, 3.63) is 29.0 Å². The molecule has 0 radical (unpaired) electrons. The summed E-state index contributed by atoms with van der Waals surface area (Å²) in [4.78, 5) is 15.8. The first kappa shape index (κ1) is 9.15. The Morgan fingerprint density at radius 2 is 2.29 bits per heavy atom. The second-order valence-electron chi connectivity index (χ2n) is 3.00. The summed E-state index contributed by atoms with van der Waals surface area (Å²) in [5.74, 6) is 1.61. The molecule has 0 atom stereocenters. The van der Waals surface area contributed by atoms with Gasteiger partial charge in [0.05, 0.1) is 4.88 Å². The standard InChI is InChI=1S/C10H9NO2S/c1-6-3-4-8(13-6)10-11-5-9(14-10)7(2)12/h3-5H,1-2H3. The summed E-state index contributed by atoms with van der Waals surface area (Å²) in [6, 6.07) is 3.74. The molecule has 0 aliphatic carbocycles. The van der Waals surface area contributed by atoms with Gasteiger partial charge in [0, 0.05) is 13.1 Å². The van der Waals surface area contributed by atoms with E-state index in [-0.39, 0.29) is 5.78 Å². The van der Waals surface area contributed by atoms with Gasteiger partial charge in [-0.25, -0.2) is 4.98 Å². The predicted molar refractivity (Wildman–Crippen MR) is 54.6 cm³/mol.